The van der Waals surface area contributed by atoms with Crippen LogP contribution >= 0.6 is 0 Å². The van der Waals surface area contributed by atoms with E-state index in [1.807, 2.05) is 32.9 Å². The molecule has 0 saturated heterocycles. The van der Waals surface area contributed by atoms with E-state index in [1.54, 1.807) is 36.4 Å². The number of aromatic nitrogens is 3. The molecule has 1 N–H and O–H groups in total. The second-order valence-electron chi connectivity index (χ2n) is 9.68. The molecule has 0 fully saturated rings. The SMILES string of the molecule is COc1cccc(C(C(=O)NC(C)(C)C)N(C(=O)Cn2nnc3ccccc32)c2ccccc2F)c1OC. The summed E-state index contributed by atoms with van der Waals surface area (Å²) < 4.78 is 27.8. The van der Waals surface area contributed by atoms with Gasteiger partial charge in [0.1, 0.15) is 23.9 Å². The number of nitrogens with one attached hydrogen (secondary N) is 1. The smallest absolute Gasteiger partial charge is 0.249 e. The number of anilines is 1. The molecule has 0 aliphatic carbocycles. The molecule has 0 aliphatic rings. The Morgan fingerprint density at radius 3 is 2.39 bits per heavy atom. The molecule has 1 unspecified atom stereocenters. The fourth-order valence-corrected chi connectivity index (χ4v) is 4.27. The van der Waals surface area contributed by atoms with Crippen LogP contribution in [0.25, 0.3) is 11.0 Å². The molecule has 4 aromatic rings. The molecule has 9 nitrogen and oxygen atoms in total. The molecule has 198 valence electrons. The lowest BCUT2D eigenvalue weighted by atomic mass is 9.99. The highest BCUT2D eigenvalue weighted by molar-refractivity contribution is 6.02. The molecule has 2 amide bonds. The van der Waals surface area contributed by atoms with Gasteiger partial charge < -0.3 is 14.8 Å². The van der Waals surface area contributed by atoms with E-state index in [4.69, 9.17) is 9.47 Å². The van der Waals surface area contributed by atoms with Gasteiger partial charge in [-0.2, -0.15) is 0 Å². The Morgan fingerprint density at radius 1 is 1.00 bits per heavy atom. The summed E-state index contributed by atoms with van der Waals surface area (Å²) in [7, 11) is 2.92. The first-order valence-corrected chi connectivity index (χ1v) is 12.0. The van der Waals surface area contributed by atoms with Crippen molar-refractivity contribution in [3.8, 4) is 11.5 Å². The van der Waals surface area contributed by atoms with Crippen molar-refractivity contribution in [3.05, 3.63) is 78.1 Å². The number of rotatable bonds is 8. The highest BCUT2D eigenvalue weighted by Gasteiger charge is 2.38. The molecule has 0 spiro atoms. The van der Waals surface area contributed by atoms with Crippen molar-refractivity contribution < 1.29 is 23.5 Å². The number of carbonyl (C=O) groups is 2. The summed E-state index contributed by atoms with van der Waals surface area (Å²) in [4.78, 5) is 29.1. The first-order chi connectivity index (χ1) is 18.1. The Hall–Kier alpha value is -4.47. The fourth-order valence-electron chi connectivity index (χ4n) is 4.27. The summed E-state index contributed by atoms with van der Waals surface area (Å²) in [5.41, 5.74) is 0.848. The molecule has 1 atom stereocenters. The second kappa shape index (κ2) is 10.9. The summed E-state index contributed by atoms with van der Waals surface area (Å²) in [6.07, 6.45) is 0. The number of fused-ring (bicyclic) bond motifs is 1. The molecule has 38 heavy (non-hydrogen) atoms. The number of methoxy groups -OCH3 is 2. The molecular formula is C28H30FN5O4. The molecule has 10 heteroatoms. The third kappa shape index (κ3) is 5.44. The van der Waals surface area contributed by atoms with E-state index in [1.165, 1.54) is 37.1 Å². The van der Waals surface area contributed by atoms with E-state index in [0.717, 1.165) is 4.90 Å². The standard InChI is InChI=1S/C28H30FN5O4/c1-28(2,3)30-27(36)25(18-11-10-16-23(37-4)26(18)38-5)34(21-14-8-6-12-19(21)29)24(35)17-33-22-15-9-7-13-20(22)31-32-33/h6-16,25H,17H2,1-5H3,(H,30,36). The number of benzene rings is 3. The molecule has 1 heterocycles. The summed E-state index contributed by atoms with van der Waals surface area (Å²) in [6, 6.07) is 16.7. The molecule has 0 bridgehead atoms. The van der Waals surface area contributed by atoms with Crippen LogP contribution in [0.1, 0.15) is 32.4 Å². The van der Waals surface area contributed by atoms with E-state index in [2.05, 4.69) is 15.6 Å². The van der Waals surface area contributed by atoms with Crippen LogP contribution in [0.4, 0.5) is 10.1 Å². The first-order valence-electron chi connectivity index (χ1n) is 12.0. The average Bonchev–Trinajstić information content (AvgIpc) is 3.28. The van der Waals surface area contributed by atoms with Crippen LogP contribution in [0.3, 0.4) is 0 Å². The largest absolute Gasteiger partial charge is 0.493 e. The highest BCUT2D eigenvalue weighted by atomic mass is 19.1. The maximum Gasteiger partial charge on any atom is 0.249 e. The molecule has 1 aromatic heterocycles. The number of amides is 2. The van der Waals surface area contributed by atoms with Crippen molar-refractivity contribution in [3.63, 3.8) is 0 Å². The van der Waals surface area contributed by atoms with E-state index in [-0.39, 0.29) is 18.0 Å². The van der Waals surface area contributed by atoms with Crippen LogP contribution in [0.2, 0.25) is 0 Å². The molecule has 0 aliphatic heterocycles. The molecular weight excluding hydrogens is 489 g/mol. The molecule has 0 radical (unpaired) electrons. The van der Waals surface area contributed by atoms with Crippen LogP contribution in [-0.4, -0.2) is 46.6 Å². The van der Waals surface area contributed by atoms with Crippen LogP contribution in [0, 0.1) is 5.82 Å². The van der Waals surface area contributed by atoms with Gasteiger partial charge in [0.05, 0.1) is 25.4 Å². The topological polar surface area (TPSA) is 98.6 Å². The predicted octanol–water partition coefficient (Wildman–Crippen LogP) is 4.28. The molecule has 3 aromatic carbocycles. The number of hydrogen-bond donors (Lipinski definition) is 1. The van der Waals surface area contributed by atoms with Crippen molar-refractivity contribution in [1.82, 2.24) is 20.3 Å². The Kier molecular flexibility index (Phi) is 7.61. The number of para-hydroxylation sites is 3. The fraction of sp³-hybridized carbons (Fsp3) is 0.286. The normalized spacial score (nSPS) is 12.2. The van der Waals surface area contributed by atoms with Crippen LogP contribution in [-0.2, 0) is 16.1 Å². The van der Waals surface area contributed by atoms with E-state index >= 15 is 4.39 Å². The zero-order chi connectivity index (χ0) is 27.4. The minimum absolute atomic E-state index is 0.0687. The number of ether oxygens (including phenoxy) is 2. The van der Waals surface area contributed by atoms with E-state index < -0.39 is 29.2 Å². The number of halogens is 1. The van der Waals surface area contributed by atoms with Crippen LogP contribution in [0.15, 0.2) is 66.7 Å². The Morgan fingerprint density at radius 2 is 1.71 bits per heavy atom. The monoisotopic (exact) mass is 519 g/mol. The van der Waals surface area contributed by atoms with Gasteiger partial charge in [0.15, 0.2) is 11.5 Å². The summed E-state index contributed by atoms with van der Waals surface area (Å²) in [6.45, 7) is 5.17. The van der Waals surface area contributed by atoms with Gasteiger partial charge in [-0.3, -0.25) is 14.5 Å². The zero-order valence-corrected chi connectivity index (χ0v) is 21.9. The zero-order valence-electron chi connectivity index (χ0n) is 21.9. The number of hydrogen-bond acceptors (Lipinski definition) is 6. The van der Waals surface area contributed by atoms with Gasteiger partial charge in [-0.1, -0.05) is 41.6 Å². The molecule has 0 saturated carbocycles. The minimum atomic E-state index is -1.31. The average molecular weight is 520 g/mol. The lowest BCUT2D eigenvalue weighted by Gasteiger charge is -2.34. The van der Waals surface area contributed by atoms with E-state index in [0.29, 0.717) is 22.3 Å². The van der Waals surface area contributed by atoms with Gasteiger partial charge in [0.2, 0.25) is 11.8 Å². The third-order valence-electron chi connectivity index (χ3n) is 5.82. The lowest BCUT2D eigenvalue weighted by molar-refractivity contribution is -0.128. The second-order valence-corrected chi connectivity index (χ2v) is 9.68. The maximum atomic E-state index is 15.3. The highest BCUT2D eigenvalue weighted by Crippen LogP contribution is 2.40. The van der Waals surface area contributed by atoms with E-state index in [9.17, 15) is 9.59 Å². The van der Waals surface area contributed by atoms with Gasteiger partial charge in [0, 0.05) is 11.1 Å². The van der Waals surface area contributed by atoms with Gasteiger partial charge in [0.25, 0.3) is 0 Å². The Balaban J connectivity index is 1.91. The van der Waals surface area contributed by atoms with Crippen LogP contribution < -0.4 is 19.7 Å². The van der Waals surface area contributed by atoms with Crippen molar-refractivity contribution in [2.75, 3.05) is 19.1 Å². The Bertz CT molecular complexity index is 1460. The van der Waals surface area contributed by atoms with Gasteiger partial charge in [-0.05, 0) is 51.1 Å². The molecule has 4 rings (SSSR count). The van der Waals surface area contributed by atoms with Crippen molar-refractivity contribution >= 4 is 28.5 Å². The summed E-state index contributed by atoms with van der Waals surface area (Å²) >= 11 is 0. The predicted molar refractivity (Wildman–Crippen MR) is 142 cm³/mol. The number of carbonyl (C=O) groups excluding carboxylic acids is 2. The number of nitrogens with zero attached hydrogens (tertiary/aromatic N) is 4. The minimum Gasteiger partial charge on any atom is -0.493 e. The van der Waals surface area contributed by atoms with Crippen molar-refractivity contribution in [2.24, 2.45) is 0 Å². The van der Waals surface area contributed by atoms with Gasteiger partial charge in [-0.25, -0.2) is 9.07 Å². The van der Waals surface area contributed by atoms with Crippen LogP contribution in [0.5, 0.6) is 11.5 Å². The Labute approximate surface area is 220 Å². The van der Waals surface area contributed by atoms with Gasteiger partial charge >= 0.3 is 0 Å². The summed E-state index contributed by atoms with van der Waals surface area (Å²) in [5.74, 6) is -1.15. The summed E-state index contributed by atoms with van der Waals surface area (Å²) in [5, 5.41) is 11.2. The van der Waals surface area contributed by atoms with Crippen molar-refractivity contribution in [2.45, 2.75) is 38.9 Å². The van der Waals surface area contributed by atoms with Crippen molar-refractivity contribution in [1.29, 1.82) is 0 Å². The third-order valence-corrected chi connectivity index (χ3v) is 5.82. The first kappa shape index (κ1) is 26.6. The maximum absolute atomic E-state index is 15.3. The van der Waals surface area contributed by atoms with Gasteiger partial charge in [-0.15, -0.1) is 5.10 Å². The quantitative estimate of drug-likeness (QED) is 0.373. The lowest BCUT2D eigenvalue weighted by Crippen LogP contribution is -2.50.